The highest BCUT2D eigenvalue weighted by molar-refractivity contribution is 7.07. The SMILES string of the molecule is CN(C)CCOC[C@@H]1CC[C@H]2[C@H](CCN2Cc2ccsc2)O1. The summed E-state index contributed by atoms with van der Waals surface area (Å²) in [6.45, 7) is 4.78. The first-order valence-electron chi connectivity index (χ1n) is 8.35. The fourth-order valence-corrected chi connectivity index (χ4v) is 4.14. The molecule has 2 aliphatic heterocycles. The summed E-state index contributed by atoms with van der Waals surface area (Å²) in [6.07, 6.45) is 4.25. The topological polar surface area (TPSA) is 24.9 Å². The van der Waals surface area contributed by atoms with Gasteiger partial charge in [0, 0.05) is 25.7 Å². The van der Waals surface area contributed by atoms with Crippen molar-refractivity contribution in [3.8, 4) is 0 Å². The van der Waals surface area contributed by atoms with E-state index in [0.29, 0.717) is 18.2 Å². The van der Waals surface area contributed by atoms with Crippen molar-refractivity contribution in [2.45, 2.75) is 44.1 Å². The Hall–Kier alpha value is -0.460. The van der Waals surface area contributed by atoms with Gasteiger partial charge in [0.15, 0.2) is 0 Å². The Kier molecular flexibility index (Phi) is 5.88. The Morgan fingerprint density at radius 1 is 1.36 bits per heavy atom. The molecule has 0 radical (unpaired) electrons. The number of hydrogen-bond acceptors (Lipinski definition) is 5. The zero-order valence-corrected chi connectivity index (χ0v) is 14.6. The number of thiophene rings is 1. The van der Waals surface area contributed by atoms with Gasteiger partial charge in [-0.05, 0) is 55.7 Å². The number of ether oxygens (including phenoxy) is 2. The van der Waals surface area contributed by atoms with Crippen LogP contribution in [-0.2, 0) is 16.0 Å². The number of nitrogens with zero attached hydrogens (tertiary/aromatic N) is 2. The summed E-state index contributed by atoms with van der Waals surface area (Å²) in [5, 5.41) is 4.43. The van der Waals surface area contributed by atoms with Crippen LogP contribution in [-0.4, -0.2) is 68.4 Å². The van der Waals surface area contributed by atoms with Crippen LogP contribution >= 0.6 is 11.3 Å². The standard InChI is InChI=1S/C17H28N2O2S/c1-18(2)8-9-20-12-15-3-4-16-17(21-15)5-7-19(16)11-14-6-10-22-13-14/h6,10,13,15-17H,3-5,7-9,11-12H2,1-2H3/t15-,16-,17-/m0/s1. The van der Waals surface area contributed by atoms with Crippen LogP contribution in [0.3, 0.4) is 0 Å². The second kappa shape index (κ2) is 7.88. The molecule has 1 aromatic heterocycles. The van der Waals surface area contributed by atoms with Crippen LogP contribution in [0, 0.1) is 0 Å². The van der Waals surface area contributed by atoms with E-state index in [9.17, 15) is 0 Å². The Balaban J connectivity index is 1.41. The van der Waals surface area contributed by atoms with E-state index in [2.05, 4.69) is 40.7 Å². The Bertz CT molecular complexity index is 438. The highest BCUT2D eigenvalue weighted by atomic mass is 32.1. The lowest BCUT2D eigenvalue weighted by atomic mass is 9.99. The van der Waals surface area contributed by atoms with Gasteiger partial charge >= 0.3 is 0 Å². The molecule has 0 N–H and O–H groups in total. The highest BCUT2D eigenvalue weighted by Gasteiger charge is 2.39. The van der Waals surface area contributed by atoms with E-state index in [-0.39, 0.29) is 0 Å². The minimum atomic E-state index is 0.296. The minimum Gasteiger partial charge on any atom is -0.377 e. The lowest BCUT2D eigenvalue weighted by molar-refractivity contribution is -0.100. The number of hydrogen-bond donors (Lipinski definition) is 0. The Labute approximate surface area is 138 Å². The average Bonchev–Trinajstić information content (AvgIpc) is 3.14. The molecular formula is C17H28N2O2S. The van der Waals surface area contributed by atoms with Crippen LogP contribution in [0.4, 0.5) is 0 Å². The molecular weight excluding hydrogens is 296 g/mol. The van der Waals surface area contributed by atoms with Gasteiger partial charge in [-0.3, -0.25) is 4.90 Å². The molecule has 4 nitrogen and oxygen atoms in total. The molecule has 5 heteroatoms. The van der Waals surface area contributed by atoms with E-state index in [1.54, 1.807) is 11.3 Å². The first-order valence-corrected chi connectivity index (χ1v) is 9.29. The number of rotatable bonds is 7. The van der Waals surface area contributed by atoms with Gasteiger partial charge in [-0.1, -0.05) is 0 Å². The number of fused-ring (bicyclic) bond motifs is 1. The van der Waals surface area contributed by atoms with E-state index in [1.165, 1.54) is 24.9 Å². The average molecular weight is 324 g/mol. The summed E-state index contributed by atoms with van der Waals surface area (Å²) in [4.78, 5) is 4.76. The molecule has 0 unspecified atom stereocenters. The summed E-state index contributed by atoms with van der Waals surface area (Å²) >= 11 is 1.79. The molecule has 2 saturated heterocycles. The normalized spacial score (nSPS) is 29.1. The maximum Gasteiger partial charge on any atom is 0.0813 e. The first-order chi connectivity index (χ1) is 10.7. The van der Waals surface area contributed by atoms with E-state index in [4.69, 9.17) is 9.47 Å². The number of likely N-dealkylation sites (tertiary alicyclic amines) is 1. The van der Waals surface area contributed by atoms with Gasteiger partial charge in [-0.25, -0.2) is 0 Å². The molecule has 3 atom stereocenters. The van der Waals surface area contributed by atoms with Gasteiger partial charge in [0.05, 0.1) is 25.4 Å². The predicted molar refractivity (Wildman–Crippen MR) is 90.4 cm³/mol. The molecule has 0 bridgehead atoms. The van der Waals surface area contributed by atoms with Gasteiger partial charge < -0.3 is 14.4 Å². The van der Waals surface area contributed by atoms with Gasteiger partial charge in [0.2, 0.25) is 0 Å². The van der Waals surface area contributed by atoms with Crippen LogP contribution in [0.2, 0.25) is 0 Å². The van der Waals surface area contributed by atoms with Crippen molar-refractivity contribution in [3.05, 3.63) is 22.4 Å². The van der Waals surface area contributed by atoms with Crippen LogP contribution in [0.1, 0.15) is 24.8 Å². The molecule has 2 fully saturated rings. The van der Waals surface area contributed by atoms with E-state index < -0.39 is 0 Å². The van der Waals surface area contributed by atoms with Crippen molar-refractivity contribution >= 4 is 11.3 Å². The summed E-state index contributed by atoms with van der Waals surface area (Å²) in [6, 6.07) is 2.85. The molecule has 22 heavy (non-hydrogen) atoms. The third kappa shape index (κ3) is 4.30. The maximum atomic E-state index is 6.29. The van der Waals surface area contributed by atoms with E-state index in [1.807, 2.05) is 0 Å². The van der Waals surface area contributed by atoms with Crippen LogP contribution in [0.25, 0.3) is 0 Å². The summed E-state index contributed by atoms with van der Waals surface area (Å²) in [7, 11) is 4.15. The quantitative estimate of drug-likeness (QED) is 0.719. The Morgan fingerprint density at radius 2 is 2.27 bits per heavy atom. The largest absolute Gasteiger partial charge is 0.377 e. The Morgan fingerprint density at radius 3 is 3.05 bits per heavy atom. The summed E-state index contributed by atoms with van der Waals surface area (Å²) in [5.41, 5.74) is 1.44. The zero-order chi connectivity index (χ0) is 15.4. The zero-order valence-electron chi connectivity index (χ0n) is 13.7. The lowest BCUT2D eigenvalue weighted by Gasteiger charge is -2.36. The summed E-state index contributed by atoms with van der Waals surface area (Å²) < 4.78 is 12.1. The van der Waals surface area contributed by atoms with Gasteiger partial charge in [-0.2, -0.15) is 11.3 Å². The fraction of sp³-hybridized carbons (Fsp3) is 0.765. The van der Waals surface area contributed by atoms with Crippen LogP contribution in [0.5, 0.6) is 0 Å². The monoisotopic (exact) mass is 324 g/mol. The molecule has 1 aromatic rings. The molecule has 0 aliphatic carbocycles. The van der Waals surface area contributed by atoms with Gasteiger partial charge in [-0.15, -0.1) is 0 Å². The predicted octanol–water partition coefficient (Wildman–Crippen LogP) is 2.45. The molecule has 0 saturated carbocycles. The molecule has 2 aliphatic rings. The maximum absolute atomic E-state index is 6.29. The third-order valence-corrected chi connectivity index (χ3v) is 5.44. The molecule has 3 heterocycles. The number of likely N-dealkylation sites (N-methyl/N-ethyl adjacent to an activating group) is 1. The first kappa shape index (κ1) is 16.4. The van der Waals surface area contributed by atoms with Crippen LogP contribution < -0.4 is 0 Å². The molecule has 124 valence electrons. The second-order valence-electron chi connectivity index (χ2n) is 6.71. The smallest absolute Gasteiger partial charge is 0.0813 e. The van der Waals surface area contributed by atoms with Crippen molar-refractivity contribution in [1.82, 2.24) is 9.80 Å². The highest BCUT2D eigenvalue weighted by Crippen LogP contribution is 2.32. The molecule has 0 aromatic carbocycles. The van der Waals surface area contributed by atoms with Crippen LogP contribution in [0.15, 0.2) is 16.8 Å². The van der Waals surface area contributed by atoms with Gasteiger partial charge in [0.25, 0.3) is 0 Å². The summed E-state index contributed by atoms with van der Waals surface area (Å²) in [5.74, 6) is 0. The van der Waals surface area contributed by atoms with Crippen molar-refractivity contribution in [1.29, 1.82) is 0 Å². The van der Waals surface area contributed by atoms with Crippen molar-refractivity contribution in [2.75, 3.05) is 40.4 Å². The third-order valence-electron chi connectivity index (χ3n) is 4.70. The lowest BCUT2D eigenvalue weighted by Crippen LogP contribution is -2.43. The van der Waals surface area contributed by atoms with E-state index in [0.717, 1.165) is 32.7 Å². The van der Waals surface area contributed by atoms with Crippen molar-refractivity contribution < 1.29 is 9.47 Å². The molecule has 0 amide bonds. The van der Waals surface area contributed by atoms with Crippen molar-refractivity contribution in [3.63, 3.8) is 0 Å². The van der Waals surface area contributed by atoms with E-state index >= 15 is 0 Å². The molecule has 3 rings (SSSR count). The van der Waals surface area contributed by atoms with Crippen molar-refractivity contribution in [2.24, 2.45) is 0 Å². The fourth-order valence-electron chi connectivity index (χ4n) is 3.48. The molecule has 0 spiro atoms. The second-order valence-corrected chi connectivity index (χ2v) is 7.49. The van der Waals surface area contributed by atoms with Gasteiger partial charge in [0.1, 0.15) is 0 Å². The minimum absolute atomic E-state index is 0.296.